The summed E-state index contributed by atoms with van der Waals surface area (Å²) in [5.74, 6) is -0.123. The van der Waals surface area contributed by atoms with E-state index in [4.69, 9.17) is 0 Å². The molecule has 0 bridgehead atoms. The number of nitro groups is 1. The lowest BCUT2D eigenvalue weighted by Gasteiger charge is -2.20. The van der Waals surface area contributed by atoms with Gasteiger partial charge in [0, 0.05) is 26.9 Å². The van der Waals surface area contributed by atoms with Gasteiger partial charge in [-0.25, -0.2) is 0 Å². The molecule has 19 heavy (non-hydrogen) atoms. The van der Waals surface area contributed by atoms with Crippen LogP contribution in [0.1, 0.15) is 20.8 Å². The van der Waals surface area contributed by atoms with E-state index in [9.17, 15) is 14.9 Å². The Bertz CT molecular complexity index is 497. The van der Waals surface area contributed by atoms with Crippen molar-refractivity contribution in [3.05, 3.63) is 31.9 Å². The Morgan fingerprint density at radius 1 is 1.42 bits per heavy atom. The summed E-state index contributed by atoms with van der Waals surface area (Å²) in [6.07, 6.45) is 0. The van der Waals surface area contributed by atoms with Gasteiger partial charge in [-0.15, -0.1) is 0 Å². The minimum Gasteiger partial charge on any atom is -0.375 e. The van der Waals surface area contributed by atoms with Crippen molar-refractivity contribution in [2.24, 2.45) is 0 Å². The van der Waals surface area contributed by atoms with E-state index in [1.165, 1.54) is 12.1 Å². The van der Waals surface area contributed by atoms with E-state index in [1.54, 1.807) is 6.07 Å². The van der Waals surface area contributed by atoms with Gasteiger partial charge in [0.15, 0.2) is 0 Å². The lowest BCUT2D eigenvalue weighted by molar-refractivity contribution is -0.384. The second-order valence-corrected chi connectivity index (χ2v) is 6.24. The molecule has 1 aromatic carbocycles. The number of carbonyl (C=O) groups is 1. The fraction of sp³-hybridized carbons (Fsp3) is 0.417. The van der Waals surface area contributed by atoms with Crippen LogP contribution in [-0.2, 0) is 4.79 Å². The molecule has 0 heterocycles. The van der Waals surface area contributed by atoms with E-state index >= 15 is 0 Å². The Kier molecular flexibility index (Phi) is 5.10. The maximum absolute atomic E-state index is 11.6. The zero-order chi connectivity index (χ0) is 14.6. The Hall–Kier alpha value is -1.38. The molecule has 0 unspecified atom stereocenters. The van der Waals surface area contributed by atoms with Crippen molar-refractivity contribution in [1.29, 1.82) is 0 Å². The van der Waals surface area contributed by atoms with Crippen molar-refractivity contribution in [3.63, 3.8) is 0 Å². The van der Waals surface area contributed by atoms with Gasteiger partial charge in [0.05, 0.1) is 11.5 Å². The fourth-order valence-corrected chi connectivity index (χ4v) is 2.09. The number of anilines is 1. The van der Waals surface area contributed by atoms with Crippen LogP contribution in [0.25, 0.3) is 0 Å². The molecule has 0 fully saturated rings. The Labute approximate surface area is 125 Å². The van der Waals surface area contributed by atoms with Gasteiger partial charge in [-0.05, 0) is 49.4 Å². The van der Waals surface area contributed by atoms with Crippen LogP contribution in [0.4, 0.5) is 11.4 Å². The minimum absolute atomic E-state index is 0.0362. The van der Waals surface area contributed by atoms with Crippen molar-refractivity contribution in [3.8, 4) is 0 Å². The van der Waals surface area contributed by atoms with Crippen LogP contribution in [0.15, 0.2) is 18.2 Å². The van der Waals surface area contributed by atoms with Crippen LogP contribution in [0.5, 0.6) is 0 Å². The predicted molar refractivity (Wildman–Crippen MR) is 82.2 cm³/mol. The summed E-state index contributed by atoms with van der Waals surface area (Å²) in [4.78, 5) is 21.8. The molecule has 7 heteroatoms. The van der Waals surface area contributed by atoms with E-state index < -0.39 is 4.92 Å². The molecule has 1 aromatic rings. The molecular weight excluding hydrogens is 361 g/mol. The number of halogens is 1. The van der Waals surface area contributed by atoms with Gasteiger partial charge < -0.3 is 10.6 Å². The first kappa shape index (κ1) is 15.7. The van der Waals surface area contributed by atoms with Gasteiger partial charge in [-0.2, -0.15) is 0 Å². The molecule has 0 spiro atoms. The molecule has 0 atom stereocenters. The zero-order valence-corrected chi connectivity index (χ0v) is 13.1. The molecule has 0 aliphatic carbocycles. The molecule has 0 radical (unpaired) electrons. The Morgan fingerprint density at radius 3 is 2.53 bits per heavy atom. The number of nitrogens with one attached hydrogen (secondary N) is 2. The summed E-state index contributed by atoms with van der Waals surface area (Å²) in [5.41, 5.74) is 0.464. The maximum atomic E-state index is 11.6. The molecule has 0 saturated carbocycles. The summed E-state index contributed by atoms with van der Waals surface area (Å²) < 4.78 is 0.704. The highest BCUT2D eigenvalue weighted by atomic mass is 127. The highest BCUT2D eigenvalue weighted by Crippen LogP contribution is 2.23. The standard InChI is InChI=1S/C12H16IN3O3/c1-12(2,3)15-11(17)7-14-10-5-4-8(16(18)19)6-9(10)13/h4-6,14H,7H2,1-3H3,(H,15,17). The van der Waals surface area contributed by atoms with Crippen molar-refractivity contribution in [2.75, 3.05) is 11.9 Å². The summed E-state index contributed by atoms with van der Waals surface area (Å²) in [6, 6.07) is 4.47. The SMILES string of the molecule is CC(C)(C)NC(=O)CNc1ccc([N+](=O)[O-])cc1I. The van der Waals surface area contributed by atoms with Gasteiger partial charge in [0.2, 0.25) is 5.91 Å². The van der Waals surface area contributed by atoms with Crippen molar-refractivity contribution in [2.45, 2.75) is 26.3 Å². The third-order valence-corrected chi connectivity index (χ3v) is 3.01. The van der Waals surface area contributed by atoms with Crippen LogP contribution in [-0.4, -0.2) is 22.9 Å². The van der Waals surface area contributed by atoms with Crippen molar-refractivity contribution >= 4 is 39.9 Å². The first-order valence-corrected chi connectivity index (χ1v) is 6.76. The summed E-state index contributed by atoms with van der Waals surface area (Å²) in [5, 5.41) is 16.4. The summed E-state index contributed by atoms with van der Waals surface area (Å²) in [7, 11) is 0. The van der Waals surface area contributed by atoms with E-state index in [-0.39, 0.29) is 23.7 Å². The first-order chi connectivity index (χ1) is 8.69. The normalized spacial score (nSPS) is 10.9. The van der Waals surface area contributed by atoms with Crippen LogP contribution < -0.4 is 10.6 Å². The van der Waals surface area contributed by atoms with Gasteiger partial charge >= 0.3 is 0 Å². The molecule has 0 aromatic heterocycles. The highest BCUT2D eigenvalue weighted by Gasteiger charge is 2.14. The predicted octanol–water partition coefficient (Wildman–Crippen LogP) is 2.53. The van der Waals surface area contributed by atoms with Gasteiger partial charge in [-0.1, -0.05) is 0 Å². The number of hydrogen-bond acceptors (Lipinski definition) is 4. The third-order valence-electron chi connectivity index (χ3n) is 2.12. The molecular formula is C12H16IN3O3. The second kappa shape index (κ2) is 6.18. The quantitative estimate of drug-likeness (QED) is 0.480. The summed E-state index contributed by atoms with van der Waals surface area (Å²) in [6.45, 7) is 5.84. The number of non-ortho nitro benzene ring substituents is 1. The van der Waals surface area contributed by atoms with Gasteiger partial charge in [0.25, 0.3) is 5.69 Å². The van der Waals surface area contributed by atoms with Crippen molar-refractivity contribution < 1.29 is 9.72 Å². The Balaban J connectivity index is 2.64. The van der Waals surface area contributed by atoms with E-state index in [1.807, 2.05) is 43.4 Å². The average Bonchev–Trinajstić information content (AvgIpc) is 2.24. The molecule has 104 valence electrons. The van der Waals surface area contributed by atoms with Crippen LogP contribution in [0, 0.1) is 13.7 Å². The lowest BCUT2D eigenvalue weighted by Crippen LogP contribution is -2.43. The fourth-order valence-electron chi connectivity index (χ4n) is 1.40. The minimum atomic E-state index is -0.446. The number of benzene rings is 1. The number of nitro benzene ring substituents is 1. The molecule has 2 N–H and O–H groups in total. The van der Waals surface area contributed by atoms with Crippen LogP contribution in [0.2, 0.25) is 0 Å². The van der Waals surface area contributed by atoms with E-state index in [0.29, 0.717) is 9.26 Å². The average molecular weight is 377 g/mol. The Morgan fingerprint density at radius 2 is 2.05 bits per heavy atom. The van der Waals surface area contributed by atoms with E-state index in [0.717, 1.165) is 0 Å². The topological polar surface area (TPSA) is 84.3 Å². The van der Waals surface area contributed by atoms with Crippen molar-refractivity contribution in [1.82, 2.24) is 5.32 Å². The zero-order valence-electron chi connectivity index (χ0n) is 11.0. The molecule has 1 rings (SSSR count). The van der Waals surface area contributed by atoms with Crippen LogP contribution in [0.3, 0.4) is 0 Å². The summed E-state index contributed by atoms with van der Waals surface area (Å²) >= 11 is 2.00. The molecule has 0 aliphatic rings. The van der Waals surface area contributed by atoms with E-state index in [2.05, 4.69) is 10.6 Å². The molecule has 0 aliphatic heterocycles. The molecule has 0 saturated heterocycles. The number of amides is 1. The largest absolute Gasteiger partial charge is 0.375 e. The molecule has 1 amide bonds. The highest BCUT2D eigenvalue weighted by molar-refractivity contribution is 14.1. The number of rotatable bonds is 4. The third kappa shape index (κ3) is 5.41. The maximum Gasteiger partial charge on any atom is 0.270 e. The van der Waals surface area contributed by atoms with Gasteiger partial charge in [0.1, 0.15) is 0 Å². The molecule has 6 nitrogen and oxygen atoms in total. The number of nitrogens with zero attached hydrogens (tertiary/aromatic N) is 1. The second-order valence-electron chi connectivity index (χ2n) is 5.07. The number of hydrogen-bond donors (Lipinski definition) is 2. The van der Waals surface area contributed by atoms with Gasteiger partial charge in [-0.3, -0.25) is 14.9 Å². The number of carbonyl (C=O) groups excluding carboxylic acids is 1. The van der Waals surface area contributed by atoms with Crippen LogP contribution >= 0.6 is 22.6 Å². The smallest absolute Gasteiger partial charge is 0.270 e. The monoisotopic (exact) mass is 377 g/mol. The first-order valence-electron chi connectivity index (χ1n) is 5.68. The lowest BCUT2D eigenvalue weighted by atomic mass is 10.1.